The van der Waals surface area contributed by atoms with Crippen LogP contribution in [0.15, 0.2) is 12.1 Å². The van der Waals surface area contributed by atoms with Gasteiger partial charge in [-0.25, -0.2) is 4.98 Å². The van der Waals surface area contributed by atoms with E-state index in [0.29, 0.717) is 10.7 Å². The first kappa shape index (κ1) is 17.3. The van der Waals surface area contributed by atoms with Gasteiger partial charge in [0.05, 0.1) is 6.17 Å². The molecule has 0 amide bonds. The van der Waals surface area contributed by atoms with Crippen molar-refractivity contribution in [3.8, 4) is 0 Å². The van der Waals surface area contributed by atoms with Crippen LogP contribution in [0.4, 0.5) is 0 Å². The Labute approximate surface area is 133 Å². The Morgan fingerprint density at radius 2 is 1.79 bits per heavy atom. The number of hydrogen-bond acceptors (Lipinski definition) is 3. The highest BCUT2D eigenvalue weighted by Gasteiger charge is 2.23. The van der Waals surface area contributed by atoms with Gasteiger partial charge in [-0.05, 0) is 31.4 Å². The Bertz CT molecular complexity index is 404. The SMILES string of the molecule is NC(N)CCCCCc1cc(C(Cl)(Cl)Cl)cc(Cl)n1. The van der Waals surface area contributed by atoms with Gasteiger partial charge in [-0.15, -0.1) is 0 Å². The first-order chi connectivity index (χ1) is 8.79. The number of pyridine rings is 1. The van der Waals surface area contributed by atoms with E-state index < -0.39 is 3.79 Å². The minimum absolute atomic E-state index is 0.236. The molecule has 0 unspecified atom stereocenters. The lowest BCUT2D eigenvalue weighted by Crippen LogP contribution is -2.29. The first-order valence-corrected chi connectivity index (χ1v) is 7.55. The number of aryl methyl sites for hydroxylation is 1. The third kappa shape index (κ3) is 6.98. The highest BCUT2D eigenvalue weighted by atomic mass is 35.6. The summed E-state index contributed by atoms with van der Waals surface area (Å²) in [5.41, 5.74) is 12.3. The molecule has 0 aromatic carbocycles. The number of nitrogens with two attached hydrogens (primary N) is 2. The Morgan fingerprint density at radius 1 is 1.11 bits per heavy atom. The molecule has 7 heteroatoms. The highest BCUT2D eigenvalue weighted by Crippen LogP contribution is 2.39. The second kappa shape index (κ2) is 7.87. The fourth-order valence-corrected chi connectivity index (χ4v) is 2.26. The zero-order chi connectivity index (χ0) is 14.5. The second-order valence-corrected chi connectivity index (χ2v) is 7.10. The van der Waals surface area contributed by atoms with Crippen molar-refractivity contribution in [3.05, 3.63) is 28.5 Å². The summed E-state index contributed by atoms with van der Waals surface area (Å²) < 4.78 is -1.48. The largest absolute Gasteiger partial charge is 0.316 e. The summed E-state index contributed by atoms with van der Waals surface area (Å²) in [6.07, 6.45) is 4.37. The quantitative estimate of drug-likeness (QED) is 0.356. The van der Waals surface area contributed by atoms with Gasteiger partial charge < -0.3 is 11.5 Å². The number of alkyl halides is 3. The predicted molar refractivity (Wildman–Crippen MR) is 82.8 cm³/mol. The zero-order valence-corrected chi connectivity index (χ0v) is 13.4. The van der Waals surface area contributed by atoms with Gasteiger partial charge in [0, 0.05) is 11.3 Å². The van der Waals surface area contributed by atoms with E-state index in [2.05, 4.69) is 4.98 Å². The van der Waals surface area contributed by atoms with Crippen molar-refractivity contribution in [3.63, 3.8) is 0 Å². The van der Waals surface area contributed by atoms with Gasteiger partial charge >= 0.3 is 0 Å². The van der Waals surface area contributed by atoms with E-state index in [0.717, 1.165) is 37.8 Å². The topological polar surface area (TPSA) is 64.9 Å². The van der Waals surface area contributed by atoms with E-state index in [9.17, 15) is 0 Å². The number of rotatable bonds is 6. The van der Waals surface area contributed by atoms with Crippen LogP contribution in [-0.2, 0) is 10.2 Å². The van der Waals surface area contributed by atoms with E-state index >= 15 is 0 Å². The lowest BCUT2D eigenvalue weighted by atomic mass is 10.1. The molecule has 0 aliphatic carbocycles. The standard InChI is InChI=1S/C12H17Cl4N3/c13-10-7-8(12(14,15)16)6-9(19-10)4-2-1-3-5-11(17)18/h6-7,11H,1-5,17-18H2. The minimum atomic E-state index is -1.48. The van der Waals surface area contributed by atoms with Gasteiger partial charge in [-0.2, -0.15) is 0 Å². The Hall–Kier alpha value is 0.230. The van der Waals surface area contributed by atoms with Crippen LogP contribution in [0.1, 0.15) is 36.9 Å². The van der Waals surface area contributed by atoms with Gasteiger partial charge in [-0.3, -0.25) is 0 Å². The molecule has 0 atom stereocenters. The van der Waals surface area contributed by atoms with E-state index in [-0.39, 0.29) is 6.17 Å². The van der Waals surface area contributed by atoms with Crippen molar-refractivity contribution < 1.29 is 0 Å². The fraction of sp³-hybridized carbons (Fsp3) is 0.583. The zero-order valence-electron chi connectivity index (χ0n) is 10.4. The van der Waals surface area contributed by atoms with E-state index in [4.69, 9.17) is 57.9 Å². The Kier molecular flexibility index (Phi) is 7.15. The Balaban J connectivity index is 2.52. The lowest BCUT2D eigenvalue weighted by molar-refractivity contribution is 0.563. The molecule has 0 aliphatic heterocycles. The summed E-state index contributed by atoms with van der Waals surface area (Å²) in [7, 11) is 0. The molecule has 0 radical (unpaired) electrons. The van der Waals surface area contributed by atoms with E-state index in [1.807, 2.05) is 0 Å². The maximum absolute atomic E-state index is 5.92. The van der Waals surface area contributed by atoms with Gasteiger partial charge in [0.25, 0.3) is 0 Å². The molecule has 108 valence electrons. The summed E-state index contributed by atoms with van der Waals surface area (Å²) in [5, 5.41) is 0.336. The van der Waals surface area contributed by atoms with Gasteiger partial charge in [0.1, 0.15) is 5.15 Å². The lowest BCUT2D eigenvalue weighted by Gasteiger charge is -2.13. The van der Waals surface area contributed by atoms with Gasteiger partial charge in [0.2, 0.25) is 3.79 Å². The van der Waals surface area contributed by atoms with Crippen LogP contribution < -0.4 is 11.5 Å². The van der Waals surface area contributed by atoms with Crippen LogP contribution in [0.25, 0.3) is 0 Å². The van der Waals surface area contributed by atoms with Crippen LogP contribution in [0.2, 0.25) is 5.15 Å². The number of aromatic nitrogens is 1. The fourth-order valence-electron chi connectivity index (χ4n) is 1.71. The number of unbranched alkanes of at least 4 members (excludes halogenated alkanes) is 2. The third-order valence-electron chi connectivity index (χ3n) is 2.64. The summed E-state index contributed by atoms with van der Waals surface area (Å²) >= 11 is 23.4. The van der Waals surface area contributed by atoms with Crippen molar-refractivity contribution in [2.24, 2.45) is 11.5 Å². The summed E-state index contributed by atoms with van der Waals surface area (Å²) in [5.74, 6) is 0. The molecule has 4 N–H and O–H groups in total. The molecule has 3 nitrogen and oxygen atoms in total. The molecule has 0 spiro atoms. The van der Waals surface area contributed by atoms with Crippen molar-refractivity contribution in [2.75, 3.05) is 0 Å². The molecule has 19 heavy (non-hydrogen) atoms. The number of halogens is 4. The molecule has 0 fully saturated rings. The first-order valence-electron chi connectivity index (χ1n) is 6.04. The smallest absolute Gasteiger partial charge is 0.216 e. The average Bonchev–Trinajstić information content (AvgIpc) is 2.26. The molecule has 1 aromatic heterocycles. The molecule has 0 aliphatic rings. The summed E-state index contributed by atoms with van der Waals surface area (Å²) in [6.45, 7) is 0. The molecule has 1 rings (SSSR count). The predicted octanol–water partition coefficient (Wildman–Crippen LogP) is 3.91. The van der Waals surface area contributed by atoms with Crippen LogP contribution in [-0.4, -0.2) is 11.1 Å². The van der Waals surface area contributed by atoms with Crippen molar-refractivity contribution in [2.45, 2.75) is 42.1 Å². The second-order valence-electron chi connectivity index (χ2n) is 4.43. The normalized spacial score (nSPS) is 12.2. The van der Waals surface area contributed by atoms with E-state index in [1.54, 1.807) is 12.1 Å². The molecule has 1 heterocycles. The van der Waals surface area contributed by atoms with Crippen LogP contribution >= 0.6 is 46.4 Å². The molecule has 0 bridgehead atoms. The minimum Gasteiger partial charge on any atom is -0.316 e. The molecule has 1 aromatic rings. The van der Waals surface area contributed by atoms with Gasteiger partial charge in [-0.1, -0.05) is 59.2 Å². The highest BCUT2D eigenvalue weighted by molar-refractivity contribution is 6.66. The maximum Gasteiger partial charge on any atom is 0.216 e. The maximum atomic E-state index is 5.92. The van der Waals surface area contributed by atoms with Crippen molar-refractivity contribution >= 4 is 46.4 Å². The van der Waals surface area contributed by atoms with Crippen molar-refractivity contribution in [1.29, 1.82) is 0 Å². The summed E-state index contributed by atoms with van der Waals surface area (Å²) in [6, 6.07) is 3.33. The molecular formula is C12H17Cl4N3. The van der Waals surface area contributed by atoms with E-state index in [1.165, 1.54) is 0 Å². The Morgan fingerprint density at radius 3 is 2.37 bits per heavy atom. The monoisotopic (exact) mass is 343 g/mol. The van der Waals surface area contributed by atoms with Crippen LogP contribution in [0.5, 0.6) is 0 Å². The van der Waals surface area contributed by atoms with Crippen LogP contribution in [0.3, 0.4) is 0 Å². The van der Waals surface area contributed by atoms with Gasteiger partial charge in [0.15, 0.2) is 0 Å². The third-order valence-corrected chi connectivity index (χ3v) is 3.49. The van der Waals surface area contributed by atoms with Crippen LogP contribution in [0, 0.1) is 0 Å². The molecule has 0 saturated carbocycles. The number of hydrogen-bond donors (Lipinski definition) is 2. The summed E-state index contributed by atoms with van der Waals surface area (Å²) in [4.78, 5) is 4.22. The molecular weight excluding hydrogens is 328 g/mol. The molecule has 0 saturated heterocycles. The van der Waals surface area contributed by atoms with Crippen molar-refractivity contribution in [1.82, 2.24) is 4.98 Å². The number of nitrogens with zero attached hydrogens (tertiary/aromatic N) is 1. The average molecular weight is 345 g/mol.